The molecule has 0 spiro atoms. The fourth-order valence-corrected chi connectivity index (χ4v) is 3.32. The van der Waals surface area contributed by atoms with Gasteiger partial charge in [-0.25, -0.2) is 4.98 Å². The van der Waals surface area contributed by atoms with Crippen LogP contribution in [-0.2, 0) is 4.74 Å². The van der Waals surface area contributed by atoms with E-state index < -0.39 is 0 Å². The lowest BCUT2D eigenvalue weighted by molar-refractivity contribution is 0.0936. The number of rotatable bonds is 9. The molecule has 4 nitrogen and oxygen atoms in total. The molecule has 0 radical (unpaired) electrons. The minimum Gasteiger partial charge on any atom is -0.381 e. The number of hydrogen-bond acceptors (Lipinski definition) is 5. The van der Waals surface area contributed by atoms with Crippen LogP contribution in [0.2, 0.25) is 0 Å². The largest absolute Gasteiger partial charge is 0.381 e. The molecule has 2 aromatic heterocycles. The molecule has 2 aromatic rings. The van der Waals surface area contributed by atoms with Crippen molar-refractivity contribution < 1.29 is 9.53 Å². The molecular formula is C15H20N2O2S2. The standard InChI is InChI=1S/C15H20N2O2S2/c1-2-3-8-19-9-5-7-16-14(18)12-11-21-15(17-12)13-6-4-10-20-13/h4,6,10-11H,2-3,5,7-9H2,1H3,(H,16,18). The Morgan fingerprint density at radius 1 is 1.33 bits per heavy atom. The van der Waals surface area contributed by atoms with Gasteiger partial charge in [0.1, 0.15) is 10.7 Å². The number of thiazole rings is 1. The molecule has 0 saturated carbocycles. The molecule has 0 saturated heterocycles. The molecule has 0 bridgehead atoms. The van der Waals surface area contributed by atoms with Gasteiger partial charge in [0, 0.05) is 25.1 Å². The van der Waals surface area contributed by atoms with Gasteiger partial charge in [0.15, 0.2) is 0 Å². The van der Waals surface area contributed by atoms with Crippen LogP contribution in [0.5, 0.6) is 0 Å². The Morgan fingerprint density at radius 3 is 2.95 bits per heavy atom. The maximum absolute atomic E-state index is 12.0. The lowest BCUT2D eigenvalue weighted by atomic mass is 10.3. The minimum absolute atomic E-state index is 0.109. The number of aromatic nitrogens is 1. The van der Waals surface area contributed by atoms with Crippen molar-refractivity contribution in [2.45, 2.75) is 26.2 Å². The van der Waals surface area contributed by atoms with E-state index in [0.717, 1.165) is 35.8 Å². The third-order valence-electron chi connectivity index (χ3n) is 2.86. The zero-order chi connectivity index (χ0) is 14.9. The summed E-state index contributed by atoms with van der Waals surface area (Å²) in [6, 6.07) is 4.00. The average molecular weight is 324 g/mol. The topological polar surface area (TPSA) is 51.2 Å². The molecule has 2 heterocycles. The van der Waals surface area contributed by atoms with Crippen LogP contribution in [0, 0.1) is 0 Å². The number of nitrogens with one attached hydrogen (secondary N) is 1. The summed E-state index contributed by atoms with van der Waals surface area (Å²) in [6.07, 6.45) is 3.07. The third kappa shape index (κ3) is 5.22. The molecule has 1 N–H and O–H groups in total. The van der Waals surface area contributed by atoms with Gasteiger partial charge >= 0.3 is 0 Å². The lowest BCUT2D eigenvalue weighted by Crippen LogP contribution is -2.25. The predicted octanol–water partition coefficient (Wildman–Crippen LogP) is 3.81. The van der Waals surface area contributed by atoms with Crippen molar-refractivity contribution in [2.75, 3.05) is 19.8 Å². The second kappa shape index (κ2) is 8.92. The molecule has 21 heavy (non-hydrogen) atoms. The van der Waals surface area contributed by atoms with Crippen molar-refractivity contribution >= 4 is 28.6 Å². The van der Waals surface area contributed by atoms with Crippen LogP contribution in [-0.4, -0.2) is 30.6 Å². The molecule has 0 aromatic carbocycles. The van der Waals surface area contributed by atoms with E-state index in [-0.39, 0.29) is 5.91 Å². The Balaban J connectivity index is 1.69. The van der Waals surface area contributed by atoms with Gasteiger partial charge in [0.05, 0.1) is 4.88 Å². The van der Waals surface area contributed by atoms with E-state index in [0.29, 0.717) is 18.8 Å². The van der Waals surface area contributed by atoms with Crippen molar-refractivity contribution in [1.29, 1.82) is 0 Å². The lowest BCUT2D eigenvalue weighted by Gasteiger charge is -2.04. The second-order valence-corrected chi connectivity index (χ2v) is 6.40. The van der Waals surface area contributed by atoms with Gasteiger partial charge in [0.2, 0.25) is 0 Å². The highest BCUT2D eigenvalue weighted by atomic mass is 32.1. The van der Waals surface area contributed by atoms with Gasteiger partial charge in [-0.15, -0.1) is 22.7 Å². The van der Waals surface area contributed by atoms with E-state index in [9.17, 15) is 4.79 Å². The van der Waals surface area contributed by atoms with Crippen molar-refractivity contribution in [3.63, 3.8) is 0 Å². The summed E-state index contributed by atoms with van der Waals surface area (Å²) in [7, 11) is 0. The summed E-state index contributed by atoms with van der Waals surface area (Å²) in [5.74, 6) is -0.109. The maximum atomic E-state index is 12.0. The molecule has 0 fully saturated rings. The fraction of sp³-hybridized carbons (Fsp3) is 0.467. The Bertz CT molecular complexity index is 538. The van der Waals surface area contributed by atoms with E-state index in [1.165, 1.54) is 11.3 Å². The molecule has 0 aliphatic carbocycles. The number of nitrogens with zero attached hydrogens (tertiary/aromatic N) is 1. The molecule has 0 aliphatic heterocycles. The van der Waals surface area contributed by atoms with Crippen molar-refractivity contribution in [3.8, 4) is 9.88 Å². The van der Waals surface area contributed by atoms with Crippen molar-refractivity contribution in [1.82, 2.24) is 10.3 Å². The quantitative estimate of drug-likeness (QED) is 0.714. The monoisotopic (exact) mass is 324 g/mol. The van der Waals surface area contributed by atoms with Crippen LogP contribution < -0.4 is 5.32 Å². The van der Waals surface area contributed by atoms with Crippen LogP contribution in [0.25, 0.3) is 9.88 Å². The molecular weight excluding hydrogens is 304 g/mol. The molecule has 0 atom stereocenters. The van der Waals surface area contributed by atoms with Crippen LogP contribution in [0.4, 0.5) is 0 Å². The molecule has 114 valence electrons. The van der Waals surface area contributed by atoms with E-state index in [4.69, 9.17) is 4.74 Å². The molecule has 1 amide bonds. The summed E-state index contributed by atoms with van der Waals surface area (Å²) < 4.78 is 5.45. The van der Waals surface area contributed by atoms with E-state index in [2.05, 4.69) is 17.2 Å². The van der Waals surface area contributed by atoms with Gasteiger partial charge in [0.25, 0.3) is 5.91 Å². The second-order valence-electron chi connectivity index (χ2n) is 4.59. The number of carbonyl (C=O) groups excluding carboxylic acids is 1. The minimum atomic E-state index is -0.109. The van der Waals surface area contributed by atoms with Crippen LogP contribution in [0.15, 0.2) is 22.9 Å². The van der Waals surface area contributed by atoms with Crippen LogP contribution in [0.3, 0.4) is 0 Å². The number of amides is 1. The molecule has 6 heteroatoms. The Morgan fingerprint density at radius 2 is 2.19 bits per heavy atom. The zero-order valence-corrected chi connectivity index (χ0v) is 13.8. The number of thiophene rings is 1. The molecule has 0 aliphatic rings. The number of unbranched alkanes of at least 4 members (excludes halogenated alkanes) is 1. The van der Waals surface area contributed by atoms with Crippen LogP contribution in [0.1, 0.15) is 36.7 Å². The Hall–Kier alpha value is -1.24. The SMILES string of the molecule is CCCCOCCCNC(=O)c1csc(-c2cccs2)n1. The molecule has 0 unspecified atom stereocenters. The maximum Gasteiger partial charge on any atom is 0.270 e. The summed E-state index contributed by atoms with van der Waals surface area (Å²) in [4.78, 5) is 17.4. The first-order valence-corrected chi connectivity index (χ1v) is 8.92. The summed E-state index contributed by atoms with van der Waals surface area (Å²) in [5.41, 5.74) is 0.496. The summed E-state index contributed by atoms with van der Waals surface area (Å²) in [6.45, 7) is 4.26. The van der Waals surface area contributed by atoms with Gasteiger partial charge < -0.3 is 10.1 Å². The average Bonchev–Trinajstić information content (AvgIpc) is 3.16. The highest BCUT2D eigenvalue weighted by Gasteiger charge is 2.11. The van der Waals surface area contributed by atoms with Gasteiger partial charge in [-0.3, -0.25) is 4.79 Å². The normalized spacial score (nSPS) is 10.7. The van der Waals surface area contributed by atoms with E-state index in [1.54, 1.807) is 11.3 Å². The van der Waals surface area contributed by atoms with Gasteiger partial charge in [-0.1, -0.05) is 19.4 Å². The number of carbonyl (C=O) groups is 1. The van der Waals surface area contributed by atoms with E-state index >= 15 is 0 Å². The first kappa shape index (κ1) is 16.1. The number of hydrogen-bond donors (Lipinski definition) is 1. The Labute approximate surface area is 133 Å². The van der Waals surface area contributed by atoms with E-state index in [1.807, 2.05) is 22.9 Å². The first-order chi connectivity index (χ1) is 10.3. The fourth-order valence-electron chi connectivity index (χ4n) is 1.71. The zero-order valence-electron chi connectivity index (χ0n) is 12.1. The Kier molecular flexibility index (Phi) is 6.85. The number of ether oxygens (including phenoxy) is 1. The highest BCUT2D eigenvalue weighted by Crippen LogP contribution is 2.27. The van der Waals surface area contributed by atoms with Gasteiger partial charge in [-0.05, 0) is 24.3 Å². The highest BCUT2D eigenvalue weighted by molar-refractivity contribution is 7.20. The predicted molar refractivity (Wildman–Crippen MR) is 88.1 cm³/mol. The summed E-state index contributed by atoms with van der Waals surface area (Å²) in [5, 5.41) is 7.59. The molecule has 2 rings (SSSR count). The summed E-state index contributed by atoms with van der Waals surface area (Å²) >= 11 is 3.13. The van der Waals surface area contributed by atoms with Crippen LogP contribution >= 0.6 is 22.7 Å². The van der Waals surface area contributed by atoms with Crippen molar-refractivity contribution in [3.05, 3.63) is 28.6 Å². The van der Waals surface area contributed by atoms with Gasteiger partial charge in [-0.2, -0.15) is 0 Å². The van der Waals surface area contributed by atoms with Crippen molar-refractivity contribution in [2.24, 2.45) is 0 Å². The third-order valence-corrected chi connectivity index (χ3v) is 4.74. The first-order valence-electron chi connectivity index (χ1n) is 7.16. The smallest absolute Gasteiger partial charge is 0.270 e.